The number of nitrogens with two attached hydrogens (primary N) is 1. The Morgan fingerprint density at radius 3 is 2.76 bits per heavy atom. The SMILES string of the molecule is CCC(C1CCOC1)N1CC(CN)CCC1C. The number of likely N-dealkylation sites (tertiary alicyclic amines) is 1. The van der Waals surface area contributed by atoms with Gasteiger partial charge in [0.1, 0.15) is 0 Å². The summed E-state index contributed by atoms with van der Waals surface area (Å²) >= 11 is 0. The topological polar surface area (TPSA) is 38.5 Å². The molecule has 2 rings (SSSR count). The van der Waals surface area contributed by atoms with Crippen LogP contribution in [-0.2, 0) is 4.74 Å². The first kappa shape index (κ1) is 13.3. The molecular formula is C14H28N2O. The zero-order chi connectivity index (χ0) is 12.3. The van der Waals surface area contributed by atoms with Crippen LogP contribution in [0.1, 0.15) is 39.5 Å². The van der Waals surface area contributed by atoms with E-state index in [-0.39, 0.29) is 0 Å². The Bertz CT molecular complexity index is 228. The van der Waals surface area contributed by atoms with Crippen molar-refractivity contribution in [1.29, 1.82) is 0 Å². The summed E-state index contributed by atoms with van der Waals surface area (Å²) < 4.78 is 5.57. The molecule has 0 spiro atoms. The van der Waals surface area contributed by atoms with Gasteiger partial charge in [0.05, 0.1) is 6.61 Å². The number of nitrogens with zero attached hydrogens (tertiary/aromatic N) is 1. The van der Waals surface area contributed by atoms with Crippen LogP contribution >= 0.6 is 0 Å². The van der Waals surface area contributed by atoms with Gasteiger partial charge < -0.3 is 10.5 Å². The van der Waals surface area contributed by atoms with E-state index in [1.54, 1.807) is 0 Å². The van der Waals surface area contributed by atoms with E-state index >= 15 is 0 Å². The van der Waals surface area contributed by atoms with Crippen molar-refractivity contribution in [2.24, 2.45) is 17.6 Å². The normalized spacial score (nSPS) is 37.2. The first-order valence-electron chi connectivity index (χ1n) is 7.29. The van der Waals surface area contributed by atoms with Gasteiger partial charge in [-0.1, -0.05) is 6.92 Å². The first-order chi connectivity index (χ1) is 8.26. The van der Waals surface area contributed by atoms with Crippen molar-refractivity contribution in [1.82, 2.24) is 4.90 Å². The standard InChI is InChI=1S/C14H28N2O/c1-3-14(13-6-7-17-10-13)16-9-12(8-15)5-4-11(16)2/h11-14H,3-10,15H2,1-2H3. The predicted molar refractivity (Wildman–Crippen MR) is 71.0 cm³/mol. The van der Waals surface area contributed by atoms with Crippen molar-refractivity contribution in [2.45, 2.75) is 51.6 Å². The molecule has 0 amide bonds. The minimum Gasteiger partial charge on any atom is -0.381 e. The van der Waals surface area contributed by atoms with E-state index in [0.29, 0.717) is 12.0 Å². The quantitative estimate of drug-likeness (QED) is 0.815. The zero-order valence-electron chi connectivity index (χ0n) is 11.4. The van der Waals surface area contributed by atoms with Crippen LogP contribution in [0.5, 0.6) is 0 Å². The molecule has 3 nitrogen and oxygen atoms in total. The molecule has 0 aromatic rings. The highest BCUT2D eigenvalue weighted by Crippen LogP contribution is 2.30. The molecule has 0 aliphatic carbocycles. The van der Waals surface area contributed by atoms with Crippen LogP contribution in [0.2, 0.25) is 0 Å². The van der Waals surface area contributed by atoms with Crippen molar-refractivity contribution < 1.29 is 4.74 Å². The lowest BCUT2D eigenvalue weighted by molar-refractivity contribution is 0.0381. The maximum absolute atomic E-state index is 5.85. The van der Waals surface area contributed by atoms with Gasteiger partial charge in [0.2, 0.25) is 0 Å². The van der Waals surface area contributed by atoms with Crippen molar-refractivity contribution in [3.63, 3.8) is 0 Å². The van der Waals surface area contributed by atoms with E-state index in [4.69, 9.17) is 10.5 Å². The number of rotatable bonds is 4. The maximum atomic E-state index is 5.85. The molecule has 2 heterocycles. The van der Waals surface area contributed by atoms with Crippen LogP contribution in [0.15, 0.2) is 0 Å². The van der Waals surface area contributed by atoms with Crippen LogP contribution in [0.25, 0.3) is 0 Å². The van der Waals surface area contributed by atoms with Gasteiger partial charge in [-0.15, -0.1) is 0 Å². The molecule has 0 aromatic carbocycles. The molecule has 2 N–H and O–H groups in total. The van der Waals surface area contributed by atoms with Crippen molar-refractivity contribution in [3.8, 4) is 0 Å². The fourth-order valence-electron chi connectivity index (χ4n) is 3.56. The first-order valence-corrected chi connectivity index (χ1v) is 7.29. The Labute approximate surface area is 106 Å². The second-order valence-corrected chi connectivity index (χ2v) is 5.82. The summed E-state index contributed by atoms with van der Waals surface area (Å²) in [4.78, 5) is 2.72. The molecular weight excluding hydrogens is 212 g/mol. The number of piperidine rings is 1. The van der Waals surface area contributed by atoms with E-state index in [2.05, 4.69) is 18.7 Å². The summed E-state index contributed by atoms with van der Waals surface area (Å²) in [6.45, 7) is 8.68. The van der Waals surface area contributed by atoms with E-state index in [1.807, 2.05) is 0 Å². The molecule has 0 saturated carbocycles. The van der Waals surface area contributed by atoms with Crippen molar-refractivity contribution in [2.75, 3.05) is 26.3 Å². The minimum absolute atomic E-state index is 0.710. The highest BCUT2D eigenvalue weighted by Gasteiger charge is 2.34. The molecule has 4 atom stereocenters. The zero-order valence-corrected chi connectivity index (χ0v) is 11.4. The Morgan fingerprint density at radius 2 is 2.18 bits per heavy atom. The van der Waals surface area contributed by atoms with Gasteiger partial charge in [0.15, 0.2) is 0 Å². The molecule has 0 aromatic heterocycles. The lowest BCUT2D eigenvalue weighted by Gasteiger charge is -2.44. The van der Waals surface area contributed by atoms with Gasteiger partial charge in [-0.05, 0) is 51.0 Å². The van der Waals surface area contributed by atoms with Crippen LogP contribution in [0, 0.1) is 11.8 Å². The highest BCUT2D eigenvalue weighted by molar-refractivity contribution is 4.88. The highest BCUT2D eigenvalue weighted by atomic mass is 16.5. The second kappa shape index (κ2) is 6.17. The number of ether oxygens (including phenoxy) is 1. The molecule has 0 bridgehead atoms. The Balaban J connectivity index is 2.00. The van der Waals surface area contributed by atoms with Gasteiger partial charge in [0.25, 0.3) is 0 Å². The third-order valence-electron chi connectivity index (χ3n) is 4.71. The molecule has 4 unspecified atom stereocenters. The van der Waals surface area contributed by atoms with E-state index < -0.39 is 0 Å². The summed E-state index contributed by atoms with van der Waals surface area (Å²) in [5, 5.41) is 0. The Hall–Kier alpha value is -0.120. The lowest BCUT2D eigenvalue weighted by Crippen LogP contribution is -2.51. The molecule has 2 saturated heterocycles. The molecule has 100 valence electrons. The van der Waals surface area contributed by atoms with Gasteiger partial charge >= 0.3 is 0 Å². The maximum Gasteiger partial charge on any atom is 0.0510 e. The minimum atomic E-state index is 0.710. The van der Waals surface area contributed by atoms with E-state index in [9.17, 15) is 0 Å². The lowest BCUT2D eigenvalue weighted by atomic mass is 9.87. The predicted octanol–water partition coefficient (Wildman–Crippen LogP) is 1.86. The monoisotopic (exact) mass is 240 g/mol. The van der Waals surface area contributed by atoms with Crippen molar-refractivity contribution >= 4 is 0 Å². The Kier molecular flexibility index (Phi) is 4.83. The molecule has 17 heavy (non-hydrogen) atoms. The molecule has 2 aliphatic rings. The molecule has 3 heteroatoms. The fourth-order valence-corrected chi connectivity index (χ4v) is 3.56. The fraction of sp³-hybridized carbons (Fsp3) is 1.00. The summed E-state index contributed by atoms with van der Waals surface area (Å²) in [5.74, 6) is 1.46. The summed E-state index contributed by atoms with van der Waals surface area (Å²) in [5.41, 5.74) is 5.85. The average Bonchev–Trinajstić information content (AvgIpc) is 2.86. The van der Waals surface area contributed by atoms with E-state index in [0.717, 1.165) is 31.7 Å². The van der Waals surface area contributed by atoms with Crippen LogP contribution in [0.4, 0.5) is 0 Å². The molecule has 2 aliphatic heterocycles. The second-order valence-electron chi connectivity index (χ2n) is 5.82. The largest absolute Gasteiger partial charge is 0.381 e. The number of hydrogen-bond acceptors (Lipinski definition) is 3. The Morgan fingerprint density at radius 1 is 1.35 bits per heavy atom. The van der Waals surface area contributed by atoms with Crippen LogP contribution in [0.3, 0.4) is 0 Å². The van der Waals surface area contributed by atoms with Gasteiger partial charge in [-0.25, -0.2) is 0 Å². The van der Waals surface area contributed by atoms with E-state index in [1.165, 1.54) is 32.2 Å². The molecule has 0 radical (unpaired) electrons. The summed E-state index contributed by atoms with van der Waals surface area (Å²) in [6, 6.07) is 1.44. The number of hydrogen-bond donors (Lipinski definition) is 1. The third kappa shape index (κ3) is 3.01. The summed E-state index contributed by atoms with van der Waals surface area (Å²) in [6.07, 6.45) is 5.11. The van der Waals surface area contributed by atoms with Crippen molar-refractivity contribution in [3.05, 3.63) is 0 Å². The molecule has 2 fully saturated rings. The third-order valence-corrected chi connectivity index (χ3v) is 4.71. The summed E-state index contributed by atoms with van der Waals surface area (Å²) in [7, 11) is 0. The van der Waals surface area contributed by atoms with Gasteiger partial charge in [-0.2, -0.15) is 0 Å². The van der Waals surface area contributed by atoms with Crippen LogP contribution < -0.4 is 5.73 Å². The smallest absolute Gasteiger partial charge is 0.0510 e. The van der Waals surface area contributed by atoms with Gasteiger partial charge in [-0.3, -0.25) is 4.90 Å². The average molecular weight is 240 g/mol. The van der Waals surface area contributed by atoms with Crippen LogP contribution in [-0.4, -0.2) is 43.3 Å². The van der Waals surface area contributed by atoms with Gasteiger partial charge in [0, 0.05) is 25.2 Å².